The molecule has 190 valence electrons. The largest absolute Gasteiger partial charge is 0.457 e. The summed E-state index contributed by atoms with van der Waals surface area (Å²) < 4.78 is 9.19. The van der Waals surface area contributed by atoms with Gasteiger partial charge in [-0.1, -0.05) is 42.5 Å². The molecule has 0 atom stereocenters. The van der Waals surface area contributed by atoms with Crippen molar-refractivity contribution < 1.29 is 14.3 Å². The zero-order valence-corrected chi connectivity index (χ0v) is 21.3. The molecule has 7 heteroatoms. The van der Waals surface area contributed by atoms with Crippen molar-refractivity contribution in [2.24, 2.45) is 0 Å². The van der Waals surface area contributed by atoms with E-state index >= 15 is 0 Å². The Labute approximate surface area is 215 Å². The topological polar surface area (TPSA) is 83.2 Å². The highest BCUT2D eigenvalue weighted by Gasteiger charge is 2.28. The normalized spacial score (nSPS) is 13.1. The number of Topliss-reactive ketones (excluding diaryl/α,β-unsaturated/α-hetero) is 1. The molecule has 0 amide bonds. The number of aromatic nitrogens is 3. The number of para-hydroxylation sites is 1. The number of esters is 1. The zero-order chi connectivity index (χ0) is 25.9. The Morgan fingerprint density at radius 2 is 1.73 bits per heavy atom. The van der Waals surface area contributed by atoms with Crippen LogP contribution in [0.5, 0.6) is 0 Å². The number of nitrogens with zero attached hydrogens (tertiary/aromatic N) is 3. The van der Waals surface area contributed by atoms with Gasteiger partial charge in [-0.25, -0.2) is 4.98 Å². The molecule has 0 aliphatic heterocycles. The lowest BCUT2D eigenvalue weighted by Gasteiger charge is -2.12. The molecule has 2 heterocycles. The van der Waals surface area contributed by atoms with Crippen molar-refractivity contribution in [1.29, 1.82) is 0 Å². The number of rotatable bonds is 10. The summed E-state index contributed by atoms with van der Waals surface area (Å²) >= 11 is 0. The first-order valence-corrected chi connectivity index (χ1v) is 12.8. The third kappa shape index (κ3) is 5.40. The molecule has 4 aromatic rings. The minimum atomic E-state index is -0.476. The van der Waals surface area contributed by atoms with Gasteiger partial charge in [-0.3, -0.25) is 19.0 Å². The third-order valence-corrected chi connectivity index (χ3v) is 7.05. The van der Waals surface area contributed by atoms with Gasteiger partial charge in [-0.15, -0.1) is 0 Å². The van der Waals surface area contributed by atoms with Gasteiger partial charge in [0.25, 0.3) is 5.56 Å². The quantitative estimate of drug-likeness (QED) is 0.233. The van der Waals surface area contributed by atoms with Crippen molar-refractivity contribution in [3.8, 4) is 0 Å². The van der Waals surface area contributed by atoms with Crippen LogP contribution in [-0.4, -0.2) is 32.5 Å². The predicted molar refractivity (Wildman–Crippen MR) is 142 cm³/mol. The van der Waals surface area contributed by atoms with Crippen molar-refractivity contribution in [3.63, 3.8) is 0 Å². The van der Waals surface area contributed by atoms with Gasteiger partial charge < -0.3 is 9.30 Å². The fraction of sp³-hybridized carbons (Fsp3) is 0.333. The first kappa shape index (κ1) is 24.7. The molecule has 5 rings (SSSR count). The fourth-order valence-corrected chi connectivity index (χ4v) is 4.90. The van der Waals surface area contributed by atoms with Gasteiger partial charge in [0.1, 0.15) is 5.82 Å². The zero-order valence-electron chi connectivity index (χ0n) is 21.3. The lowest BCUT2D eigenvalue weighted by molar-refractivity contribution is -0.142. The first-order valence-electron chi connectivity index (χ1n) is 12.8. The molecular formula is C30H31N3O4. The van der Waals surface area contributed by atoms with Crippen LogP contribution in [-0.2, 0) is 28.9 Å². The van der Waals surface area contributed by atoms with Crippen LogP contribution in [0.1, 0.15) is 58.4 Å². The number of carbonyl (C=O) groups is 2. The van der Waals surface area contributed by atoms with Crippen LogP contribution in [0.15, 0.2) is 65.5 Å². The molecule has 0 bridgehead atoms. The summed E-state index contributed by atoms with van der Waals surface area (Å²) in [6.45, 7) is 4.38. The van der Waals surface area contributed by atoms with Crippen LogP contribution in [0.3, 0.4) is 0 Å². The average Bonchev–Trinajstić information content (AvgIpc) is 3.70. The molecule has 2 aromatic carbocycles. The number of ketones is 1. The van der Waals surface area contributed by atoms with Crippen molar-refractivity contribution in [3.05, 3.63) is 99.4 Å². The van der Waals surface area contributed by atoms with Gasteiger partial charge in [0.05, 0.1) is 17.3 Å². The molecule has 1 fully saturated rings. The van der Waals surface area contributed by atoms with Crippen LogP contribution in [0.2, 0.25) is 0 Å². The average molecular weight is 498 g/mol. The molecule has 0 N–H and O–H groups in total. The second kappa shape index (κ2) is 10.5. The monoisotopic (exact) mass is 497 g/mol. The van der Waals surface area contributed by atoms with E-state index in [1.165, 1.54) is 5.56 Å². The maximum Gasteiger partial charge on any atom is 0.306 e. The standard InChI is InChI=1S/C30H31N3O4/c1-20-18-25(21(2)32(20)17-16-22-8-4-3-5-9-22)27(34)19-37-29(35)15-14-28-31-26-11-7-6-10-24(26)30(36)33(28)23-12-13-23/h3-11,18,23H,12-17,19H2,1-2H3. The van der Waals surface area contributed by atoms with Crippen molar-refractivity contribution in [1.82, 2.24) is 14.1 Å². The molecule has 2 aromatic heterocycles. The Morgan fingerprint density at radius 1 is 1.00 bits per heavy atom. The molecule has 37 heavy (non-hydrogen) atoms. The number of hydrogen-bond donors (Lipinski definition) is 0. The van der Waals surface area contributed by atoms with E-state index in [0.29, 0.717) is 22.3 Å². The van der Waals surface area contributed by atoms with Crippen LogP contribution >= 0.6 is 0 Å². The van der Waals surface area contributed by atoms with E-state index in [0.717, 1.165) is 37.2 Å². The molecule has 1 aliphatic carbocycles. The van der Waals surface area contributed by atoms with Crippen LogP contribution < -0.4 is 5.56 Å². The van der Waals surface area contributed by atoms with E-state index < -0.39 is 5.97 Å². The second-order valence-electron chi connectivity index (χ2n) is 9.71. The summed E-state index contributed by atoms with van der Waals surface area (Å²) in [6, 6.07) is 19.5. The number of aryl methyl sites for hydroxylation is 3. The molecule has 0 unspecified atom stereocenters. The van der Waals surface area contributed by atoms with Crippen LogP contribution in [0.4, 0.5) is 0 Å². The third-order valence-electron chi connectivity index (χ3n) is 7.05. The van der Waals surface area contributed by atoms with Crippen molar-refractivity contribution in [2.45, 2.75) is 58.5 Å². The lowest BCUT2D eigenvalue weighted by Crippen LogP contribution is -2.25. The summed E-state index contributed by atoms with van der Waals surface area (Å²) in [5, 5.41) is 0.590. The minimum absolute atomic E-state index is 0.0564. The summed E-state index contributed by atoms with van der Waals surface area (Å²) in [4.78, 5) is 43.1. The summed E-state index contributed by atoms with van der Waals surface area (Å²) in [7, 11) is 0. The number of hydrogen-bond acceptors (Lipinski definition) is 5. The highest BCUT2D eigenvalue weighted by atomic mass is 16.5. The van der Waals surface area contributed by atoms with Gasteiger partial charge in [0, 0.05) is 36.0 Å². The van der Waals surface area contributed by atoms with Gasteiger partial charge in [0.2, 0.25) is 5.78 Å². The van der Waals surface area contributed by atoms with E-state index in [9.17, 15) is 14.4 Å². The molecule has 0 spiro atoms. The van der Waals surface area contributed by atoms with Crippen molar-refractivity contribution >= 4 is 22.7 Å². The van der Waals surface area contributed by atoms with E-state index in [1.54, 1.807) is 10.6 Å². The van der Waals surface area contributed by atoms with E-state index in [1.807, 2.05) is 56.3 Å². The molecule has 0 radical (unpaired) electrons. The highest BCUT2D eigenvalue weighted by molar-refractivity contribution is 5.99. The first-order chi connectivity index (χ1) is 17.9. The van der Waals surface area contributed by atoms with Crippen LogP contribution in [0.25, 0.3) is 10.9 Å². The van der Waals surface area contributed by atoms with Gasteiger partial charge in [-0.2, -0.15) is 0 Å². The number of ether oxygens (including phenoxy) is 1. The summed E-state index contributed by atoms with van der Waals surface area (Å²) in [5.74, 6) is -0.0986. The summed E-state index contributed by atoms with van der Waals surface area (Å²) in [5.41, 5.74) is 4.27. The lowest BCUT2D eigenvalue weighted by atomic mass is 10.1. The summed E-state index contributed by atoms with van der Waals surface area (Å²) in [6.07, 6.45) is 3.10. The SMILES string of the molecule is Cc1cc(C(=O)COC(=O)CCc2nc3ccccc3c(=O)n2C2CC2)c(C)n1CCc1ccccc1. The number of benzene rings is 2. The predicted octanol–water partition coefficient (Wildman–Crippen LogP) is 4.75. The van der Waals surface area contributed by atoms with Crippen molar-refractivity contribution in [2.75, 3.05) is 6.61 Å². The van der Waals surface area contributed by atoms with Gasteiger partial charge >= 0.3 is 5.97 Å². The molecule has 1 saturated carbocycles. The van der Waals surface area contributed by atoms with Crippen LogP contribution in [0, 0.1) is 13.8 Å². The smallest absolute Gasteiger partial charge is 0.306 e. The maximum absolute atomic E-state index is 13.0. The van der Waals surface area contributed by atoms with E-state index in [2.05, 4.69) is 21.7 Å². The van der Waals surface area contributed by atoms with E-state index in [-0.39, 0.29) is 36.8 Å². The van der Waals surface area contributed by atoms with E-state index in [4.69, 9.17) is 4.74 Å². The maximum atomic E-state index is 13.0. The number of fused-ring (bicyclic) bond motifs is 1. The second-order valence-corrected chi connectivity index (χ2v) is 9.71. The Kier molecular flexibility index (Phi) is 7.04. The molecule has 7 nitrogen and oxygen atoms in total. The highest BCUT2D eigenvalue weighted by Crippen LogP contribution is 2.35. The molecular weight excluding hydrogens is 466 g/mol. The van der Waals surface area contributed by atoms with Gasteiger partial charge in [0.15, 0.2) is 6.61 Å². The Balaban J connectivity index is 1.20. The van der Waals surface area contributed by atoms with Gasteiger partial charge in [-0.05, 0) is 56.9 Å². The molecule has 0 saturated heterocycles. The Morgan fingerprint density at radius 3 is 2.49 bits per heavy atom. The Bertz CT molecular complexity index is 1510. The fourth-order valence-electron chi connectivity index (χ4n) is 4.90. The molecule has 1 aliphatic rings. The Hall–Kier alpha value is -4.00. The minimum Gasteiger partial charge on any atom is -0.457 e. The number of carbonyl (C=O) groups excluding carboxylic acids is 2.